The minimum Gasteiger partial charge on any atom is -0.268 e. The normalized spacial score (nSPS) is 12.3. The van der Waals surface area contributed by atoms with E-state index in [0.29, 0.717) is 11.4 Å². The van der Waals surface area contributed by atoms with Crippen molar-refractivity contribution in [3.05, 3.63) is 108 Å². The van der Waals surface area contributed by atoms with Gasteiger partial charge in [0.15, 0.2) is 0 Å². The van der Waals surface area contributed by atoms with E-state index in [1.165, 1.54) is 43.9 Å². The molecule has 0 fully saturated rings. The van der Waals surface area contributed by atoms with Crippen molar-refractivity contribution in [1.82, 2.24) is 24.9 Å². The van der Waals surface area contributed by atoms with Gasteiger partial charge in [-0.2, -0.15) is 5.10 Å². The van der Waals surface area contributed by atoms with Crippen LogP contribution < -0.4 is 10.9 Å². The summed E-state index contributed by atoms with van der Waals surface area (Å²) in [6.07, 6.45) is 3.80. The van der Waals surface area contributed by atoms with Gasteiger partial charge in [-0.15, -0.1) is 0 Å². The number of rotatable bonds is 8. The number of nitrogens with zero attached hydrogens (tertiary/aromatic N) is 3. The van der Waals surface area contributed by atoms with Gasteiger partial charge in [-0.3, -0.25) is 20.4 Å². The highest BCUT2D eigenvalue weighted by atomic mass is 32.2. The van der Waals surface area contributed by atoms with Gasteiger partial charge in [0.1, 0.15) is 5.69 Å². The molecule has 10 heteroatoms. The lowest BCUT2D eigenvalue weighted by molar-refractivity contribution is -0.118. The minimum atomic E-state index is -3.70. The van der Waals surface area contributed by atoms with Gasteiger partial charge in [0, 0.05) is 25.2 Å². The largest absolute Gasteiger partial charge is 0.288 e. The van der Waals surface area contributed by atoms with Crippen LogP contribution in [0.3, 0.4) is 0 Å². The van der Waals surface area contributed by atoms with Crippen LogP contribution in [0.5, 0.6) is 0 Å². The number of carbonyl (C=O) groups is 2. The van der Waals surface area contributed by atoms with Crippen molar-refractivity contribution in [2.24, 2.45) is 0 Å². The number of sulfonamides is 1. The average molecular weight is 506 g/mol. The molecule has 0 radical (unpaired) electrons. The number of nitrogens with one attached hydrogen (secondary N) is 2. The molecule has 0 aliphatic heterocycles. The second-order valence-corrected chi connectivity index (χ2v) is 10.00. The Labute approximate surface area is 210 Å². The van der Waals surface area contributed by atoms with Gasteiger partial charge in [-0.05, 0) is 37.3 Å². The molecule has 3 rings (SSSR count). The highest BCUT2D eigenvalue weighted by Gasteiger charge is 2.19. The summed E-state index contributed by atoms with van der Waals surface area (Å²) in [7, 11) is -0.908. The van der Waals surface area contributed by atoms with E-state index in [1.54, 1.807) is 6.07 Å². The molecule has 1 heterocycles. The maximum absolute atomic E-state index is 13.0. The fourth-order valence-corrected chi connectivity index (χ4v) is 3.96. The molecule has 0 atom stereocenters. The monoisotopic (exact) mass is 505 g/mol. The molecule has 2 aromatic carbocycles. The maximum Gasteiger partial charge on any atom is 0.288 e. The number of allylic oxidation sites excluding steroid dienone is 3. The highest BCUT2D eigenvalue weighted by Crippen LogP contribution is 2.21. The summed E-state index contributed by atoms with van der Waals surface area (Å²) in [5.74, 6) is -1.19. The Kier molecular flexibility index (Phi) is 8.36. The lowest BCUT2D eigenvalue weighted by Gasteiger charge is -2.11. The topological polar surface area (TPSA) is 113 Å². The van der Waals surface area contributed by atoms with Gasteiger partial charge in [0.25, 0.3) is 11.8 Å². The maximum atomic E-state index is 13.0. The van der Waals surface area contributed by atoms with E-state index >= 15 is 0 Å². The molecule has 2 amide bonds. The number of aromatic nitrogens is 2. The molecule has 0 spiro atoms. The zero-order chi connectivity index (χ0) is 26.3. The molecular weight excluding hydrogens is 478 g/mol. The molecule has 0 saturated carbocycles. The van der Waals surface area contributed by atoms with Gasteiger partial charge in [-0.25, -0.2) is 17.4 Å². The zero-order valence-corrected chi connectivity index (χ0v) is 21.0. The van der Waals surface area contributed by atoms with Crippen LogP contribution in [-0.2, 0) is 14.8 Å². The summed E-state index contributed by atoms with van der Waals surface area (Å²) < 4.78 is 27.1. The number of hydrogen-bond acceptors (Lipinski definition) is 5. The Morgan fingerprint density at radius 1 is 0.972 bits per heavy atom. The lowest BCUT2D eigenvalue weighted by atomic mass is 10.1. The Morgan fingerprint density at radius 3 is 2.17 bits per heavy atom. The molecule has 9 nitrogen and oxygen atoms in total. The summed E-state index contributed by atoms with van der Waals surface area (Å²) in [4.78, 5) is 25.5. The smallest absolute Gasteiger partial charge is 0.268 e. The van der Waals surface area contributed by atoms with Gasteiger partial charge < -0.3 is 0 Å². The standard InChI is InChI=1S/C26H27N5O4S/c1-5-22(36(34,35)30(3)4)17-16-19(2)25(32)27-28-26(33)24-18-23(20-12-8-6-9-13-20)29-31(24)21-14-10-7-11-15-21/h5-18H,1H2,2-4H3,(H,27,32)(H,28,33)/b19-16+,22-17+. The third kappa shape index (κ3) is 6.04. The Morgan fingerprint density at radius 2 is 1.58 bits per heavy atom. The van der Waals surface area contributed by atoms with Gasteiger partial charge in [0.05, 0.1) is 16.3 Å². The molecule has 0 bridgehead atoms. The van der Waals surface area contributed by atoms with Gasteiger partial charge >= 0.3 is 0 Å². The first-order chi connectivity index (χ1) is 17.1. The van der Waals surface area contributed by atoms with E-state index in [0.717, 1.165) is 9.87 Å². The van der Waals surface area contributed by atoms with E-state index in [4.69, 9.17) is 0 Å². The second kappa shape index (κ2) is 11.4. The minimum absolute atomic E-state index is 0.0658. The summed E-state index contributed by atoms with van der Waals surface area (Å²) in [6.45, 7) is 5.00. The molecule has 0 unspecified atom stereocenters. The predicted molar refractivity (Wildman–Crippen MR) is 139 cm³/mol. The van der Waals surface area contributed by atoms with Crippen molar-refractivity contribution in [3.63, 3.8) is 0 Å². The van der Waals surface area contributed by atoms with Gasteiger partial charge in [-0.1, -0.05) is 61.2 Å². The van der Waals surface area contributed by atoms with Crippen LogP contribution in [0, 0.1) is 0 Å². The van der Waals surface area contributed by atoms with Crippen LogP contribution in [-0.4, -0.2) is 48.4 Å². The first-order valence-electron chi connectivity index (χ1n) is 10.9. The van der Waals surface area contributed by atoms with Crippen molar-refractivity contribution in [2.45, 2.75) is 6.92 Å². The Balaban J connectivity index is 1.81. The Hall–Kier alpha value is -4.28. The summed E-state index contributed by atoms with van der Waals surface area (Å²) >= 11 is 0. The first kappa shape index (κ1) is 26.3. The molecule has 0 saturated heterocycles. The fourth-order valence-electron chi connectivity index (χ4n) is 3.09. The van der Waals surface area contributed by atoms with Crippen LogP contribution >= 0.6 is 0 Å². The van der Waals surface area contributed by atoms with Crippen molar-refractivity contribution in [2.75, 3.05) is 14.1 Å². The molecule has 3 aromatic rings. The molecular formula is C26H27N5O4S. The third-order valence-corrected chi connectivity index (χ3v) is 7.00. The van der Waals surface area contributed by atoms with E-state index in [-0.39, 0.29) is 16.2 Å². The molecule has 0 aliphatic carbocycles. The number of hydrazine groups is 1. The van der Waals surface area contributed by atoms with Crippen LogP contribution in [0.25, 0.3) is 16.9 Å². The van der Waals surface area contributed by atoms with Crippen LogP contribution in [0.1, 0.15) is 17.4 Å². The van der Waals surface area contributed by atoms with E-state index in [2.05, 4.69) is 22.5 Å². The summed E-state index contributed by atoms with van der Waals surface area (Å²) in [5, 5.41) is 4.58. The van der Waals surface area contributed by atoms with Crippen molar-refractivity contribution < 1.29 is 18.0 Å². The van der Waals surface area contributed by atoms with Gasteiger partial charge in [0.2, 0.25) is 10.0 Å². The van der Waals surface area contributed by atoms with Crippen molar-refractivity contribution >= 4 is 21.8 Å². The number of carbonyl (C=O) groups excluding carboxylic acids is 2. The Bertz CT molecular complexity index is 1420. The molecule has 36 heavy (non-hydrogen) atoms. The second-order valence-electron chi connectivity index (χ2n) is 7.85. The predicted octanol–water partition coefficient (Wildman–Crippen LogP) is 3.21. The van der Waals surface area contributed by atoms with E-state index in [1.807, 2.05) is 60.7 Å². The van der Waals surface area contributed by atoms with Crippen molar-refractivity contribution in [1.29, 1.82) is 0 Å². The van der Waals surface area contributed by atoms with Crippen LogP contribution in [0.2, 0.25) is 0 Å². The summed E-state index contributed by atoms with van der Waals surface area (Å²) in [5.41, 5.74) is 7.24. The average Bonchev–Trinajstić information content (AvgIpc) is 3.34. The first-order valence-corrected chi connectivity index (χ1v) is 12.3. The van der Waals surface area contributed by atoms with E-state index in [9.17, 15) is 18.0 Å². The number of hydrogen-bond donors (Lipinski definition) is 2. The number of amides is 2. The van der Waals surface area contributed by atoms with Crippen LogP contribution in [0.4, 0.5) is 0 Å². The lowest BCUT2D eigenvalue weighted by Crippen LogP contribution is -2.42. The molecule has 186 valence electrons. The summed E-state index contributed by atoms with van der Waals surface area (Å²) in [6, 6.07) is 20.2. The SMILES string of the molecule is C=C/C(=C\C=C(/C)C(=O)NNC(=O)c1cc(-c2ccccc2)nn1-c1ccccc1)S(=O)(=O)N(C)C. The van der Waals surface area contributed by atoms with E-state index < -0.39 is 21.8 Å². The number of para-hydroxylation sites is 1. The fraction of sp³-hybridized carbons (Fsp3) is 0.115. The quantitative estimate of drug-likeness (QED) is 0.277. The number of benzene rings is 2. The van der Waals surface area contributed by atoms with Crippen LogP contribution in [0.15, 0.2) is 102 Å². The molecule has 0 aliphatic rings. The molecule has 1 aromatic heterocycles. The molecule has 2 N–H and O–H groups in total. The van der Waals surface area contributed by atoms with Crippen molar-refractivity contribution in [3.8, 4) is 16.9 Å². The zero-order valence-electron chi connectivity index (χ0n) is 20.2. The highest BCUT2D eigenvalue weighted by molar-refractivity contribution is 7.93. The third-order valence-electron chi connectivity index (χ3n) is 5.14.